The Labute approximate surface area is 127 Å². The number of aromatic nitrogens is 2. The van der Waals surface area contributed by atoms with E-state index in [2.05, 4.69) is 9.36 Å². The van der Waals surface area contributed by atoms with Crippen LogP contribution in [0.3, 0.4) is 0 Å². The lowest BCUT2D eigenvalue weighted by molar-refractivity contribution is 0.147. The first-order valence-corrected chi connectivity index (χ1v) is 7.88. The maximum Gasteiger partial charge on any atom is 0.407 e. The molecule has 1 amide bonds. The van der Waals surface area contributed by atoms with Gasteiger partial charge in [-0.15, -0.1) is 0 Å². The number of amides is 1. The number of carboxylic acid groups (broad SMARTS) is 1. The quantitative estimate of drug-likeness (QED) is 0.922. The Balaban J connectivity index is 1.73. The van der Waals surface area contributed by atoms with Crippen molar-refractivity contribution in [1.82, 2.24) is 14.3 Å². The van der Waals surface area contributed by atoms with E-state index in [0.717, 1.165) is 35.7 Å². The normalized spacial score (nSPS) is 19.2. The monoisotopic (exact) mass is 303 g/mol. The van der Waals surface area contributed by atoms with Crippen molar-refractivity contribution >= 4 is 17.6 Å². The van der Waals surface area contributed by atoms with E-state index in [4.69, 9.17) is 5.11 Å². The van der Waals surface area contributed by atoms with Crippen molar-refractivity contribution in [2.75, 3.05) is 13.1 Å². The molecule has 1 N–H and O–H groups in total. The van der Waals surface area contributed by atoms with Gasteiger partial charge in [0.15, 0.2) is 5.82 Å². The minimum atomic E-state index is -0.821. The molecule has 0 saturated carbocycles. The number of benzene rings is 1. The predicted octanol–water partition coefficient (Wildman–Crippen LogP) is 3.45. The maximum atomic E-state index is 11.0. The Morgan fingerprint density at radius 3 is 2.81 bits per heavy atom. The van der Waals surface area contributed by atoms with Crippen molar-refractivity contribution in [2.24, 2.45) is 0 Å². The molecule has 1 aliphatic heterocycles. The van der Waals surface area contributed by atoms with Crippen molar-refractivity contribution < 1.29 is 9.90 Å². The SMILES string of the molecule is O=C(O)N1CCCC(c2nc(-c3ccccc3)ns2)CC1. The summed E-state index contributed by atoms with van der Waals surface area (Å²) < 4.78 is 4.45. The summed E-state index contributed by atoms with van der Waals surface area (Å²) in [5.41, 5.74) is 1.03. The van der Waals surface area contributed by atoms with E-state index in [-0.39, 0.29) is 0 Å². The molecular weight excluding hydrogens is 286 g/mol. The standard InChI is InChI=1S/C15H17N3O2S/c19-15(20)18-9-4-7-12(8-10-18)14-16-13(17-21-14)11-5-2-1-3-6-11/h1-3,5-6,12H,4,7-10H2,(H,19,20). The Bertz CT molecular complexity index is 614. The lowest BCUT2D eigenvalue weighted by atomic mass is 10.0. The molecular formula is C15H17N3O2S. The zero-order chi connectivity index (χ0) is 14.7. The van der Waals surface area contributed by atoms with Gasteiger partial charge in [0.2, 0.25) is 0 Å². The van der Waals surface area contributed by atoms with E-state index < -0.39 is 6.09 Å². The summed E-state index contributed by atoms with van der Waals surface area (Å²) in [5, 5.41) is 10.1. The molecule has 0 aliphatic carbocycles. The fourth-order valence-corrected chi connectivity index (χ4v) is 3.48. The first kappa shape index (κ1) is 14.0. The second-order valence-corrected chi connectivity index (χ2v) is 6.00. The highest BCUT2D eigenvalue weighted by Gasteiger charge is 2.23. The largest absolute Gasteiger partial charge is 0.465 e. The van der Waals surface area contributed by atoms with Gasteiger partial charge in [0.05, 0.1) is 0 Å². The van der Waals surface area contributed by atoms with Crippen LogP contribution < -0.4 is 0 Å². The van der Waals surface area contributed by atoms with Gasteiger partial charge in [-0.25, -0.2) is 9.78 Å². The summed E-state index contributed by atoms with van der Waals surface area (Å²) in [7, 11) is 0. The van der Waals surface area contributed by atoms with Crippen LogP contribution >= 0.6 is 11.5 Å². The van der Waals surface area contributed by atoms with Gasteiger partial charge < -0.3 is 10.0 Å². The molecule has 110 valence electrons. The molecule has 21 heavy (non-hydrogen) atoms. The Hall–Kier alpha value is -1.95. The fraction of sp³-hybridized carbons (Fsp3) is 0.400. The summed E-state index contributed by atoms with van der Waals surface area (Å²) in [6.07, 6.45) is 1.87. The predicted molar refractivity (Wildman–Crippen MR) is 81.5 cm³/mol. The number of carbonyl (C=O) groups is 1. The molecule has 2 heterocycles. The minimum absolute atomic E-state index is 0.323. The molecule has 1 aliphatic rings. The third-order valence-electron chi connectivity index (χ3n) is 3.82. The highest BCUT2D eigenvalue weighted by molar-refractivity contribution is 7.05. The van der Waals surface area contributed by atoms with E-state index in [1.165, 1.54) is 16.4 Å². The Kier molecular flexibility index (Phi) is 4.15. The summed E-state index contributed by atoms with van der Waals surface area (Å²) in [6, 6.07) is 9.94. The van der Waals surface area contributed by atoms with Gasteiger partial charge in [0.1, 0.15) is 5.01 Å². The highest BCUT2D eigenvalue weighted by Crippen LogP contribution is 2.31. The highest BCUT2D eigenvalue weighted by atomic mass is 32.1. The van der Waals surface area contributed by atoms with Crippen molar-refractivity contribution in [3.8, 4) is 11.4 Å². The molecule has 2 aromatic rings. The molecule has 1 unspecified atom stereocenters. The molecule has 3 rings (SSSR count). The number of hydrogen-bond donors (Lipinski definition) is 1. The molecule has 1 aromatic carbocycles. The average Bonchev–Trinajstić information content (AvgIpc) is 2.86. The fourth-order valence-electron chi connectivity index (χ4n) is 2.64. The van der Waals surface area contributed by atoms with Gasteiger partial charge in [0.25, 0.3) is 0 Å². The molecule has 0 spiro atoms. The van der Waals surface area contributed by atoms with Crippen LogP contribution in [0.2, 0.25) is 0 Å². The number of nitrogens with zero attached hydrogens (tertiary/aromatic N) is 3. The van der Waals surface area contributed by atoms with Crippen molar-refractivity contribution in [1.29, 1.82) is 0 Å². The van der Waals surface area contributed by atoms with E-state index >= 15 is 0 Å². The third kappa shape index (κ3) is 3.21. The van der Waals surface area contributed by atoms with Crippen LogP contribution in [0.4, 0.5) is 4.79 Å². The van der Waals surface area contributed by atoms with E-state index in [1.807, 2.05) is 30.3 Å². The zero-order valence-electron chi connectivity index (χ0n) is 11.6. The topological polar surface area (TPSA) is 66.3 Å². The minimum Gasteiger partial charge on any atom is -0.465 e. The van der Waals surface area contributed by atoms with E-state index in [1.54, 1.807) is 0 Å². The second-order valence-electron chi connectivity index (χ2n) is 5.22. The molecule has 1 atom stereocenters. The van der Waals surface area contributed by atoms with Crippen LogP contribution in [0.15, 0.2) is 30.3 Å². The number of likely N-dealkylation sites (tertiary alicyclic amines) is 1. The molecule has 1 saturated heterocycles. The van der Waals surface area contributed by atoms with Crippen LogP contribution in [0.5, 0.6) is 0 Å². The van der Waals surface area contributed by atoms with Crippen LogP contribution in [0.25, 0.3) is 11.4 Å². The Morgan fingerprint density at radius 1 is 1.24 bits per heavy atom. The van der Waals surface area contributed by atoms with Crippen LogP contribution in [-0.2, 0) is 0 Å². The second kappa shape index (κ2) is 6.22. The van der Waals surface area contributed by atoms with E-state index in [0.29, 0.717) is 19.0 Å². The first-order chi connectivity index (χ1) is 10.2. The summed E-state index contributed by atoms with van der Waals surface area (Å²) in [4.78, 5) is 17.2. The molecule has 0 bridgehead atoms. The van der Waals surface area contributed by atoms with Gasteiger partial charge in [-0.05, 0) is 30.8 Å². The summed E-state index contributed by atoms with van der Waals surface area (Å²) in [5.74, 6) is 1.10. The number of hydrogen-bond acceptors (Lipinski definition) is 4. The maximum absolute atomic E-state index is 11.0. The van der Waals surface area contributed by atoms with Gasteiger partial charge >= 0.3 is 6.09 Å². The van der Waals surface area contributed by atoms with Crippen molar-refractivity contribution in [2.45, 2.75) is 25.2 Å². The van der Waals surface area contributed by atoms with Gasteiger partial charge in [-0.2, -0.15) is 4.37 Å². The van der Waals surface area contributed by atoms with Gasteiger partial charge in [-0.1, -0.05) is 30.3 Å². The lowest BCUT2D eigenvalue weighted by Gasteiger charge is -2.15. The van der Waals surface area contributed by atoms with Gasteiger partial charge in [0, 0.05) is 24.6 Å². The van der Waals surface area contributed by atoms with Crippen LogP contribution in [-0.4, -0.2) is 38.5 Å². The lowest BCUT2D eigenvalue weighted by Crippen LogP contribution is -2.30. The van der Waals surface area contributed by atoms with Crippen LogP contribution in [0.1, 0.15) is 30.2 Å². The van der Waals surface area contributed by atoms with E-state index in [9.17, 15) is 4.79 Å². The number of rotatable bonds is 2. The molecule has 1 fully saturated rings. The molecule has 0 radical (unpaired) electrons. The third-order valence-corrected chi connectivity index (χ3v) is 4.70. The summed E-state index contributed by atoms with van der Waals surface area (Å²) >= 11 is 1.44. The Morgan fingerprint density at radius 2 is 2.05 bits per heavy atom. The van der Waals surface area contributed by atoms with Crippen molar-refractivity contribution in [3.63, 3.8) is 0 Å². The van der Waals surface area contributed by atoms with Crippen molar-refractivity contribution in [3.05, 3.63) is 35.3 Å². The molecule has 1 aromatic heterocycles. The zero-order valence-corrected chi connectivity index (χ0v) is 12.4. The van der Waals surface area contributed by atoms with Gasteiger partial charge in [-0.3, -0.25) is 0 Å². The first-order valence-electron chi connectivity index (χ1n) is 7.11. The summed E-state index contributed by atoms with van der Waals surface area (Å²) in [6.45, 7) is 1.20. The van der Waals surface area contributed by atoms with Crippen LogP contribution in [0, 0.1) is 0 Å². The smallest absolute Gasteiger partial charge is 0.407 e. The molecule has 5 nitrogen and oxygen atoms in total. The average molecular weight is 303 g/mol. The molecule has 6 heteroatoms.